The van der Waals surface area contributed by atoms with E-state index in [1.807, 2.05) is 6.07 Å². The molecule has 0 aliphatic heterocycles. The summed E-state index contributed by atoms with van der Waals surface area (Å²) in [5.74, 6) is 3.06. The molecule has 1 unspecified atom stereocenters. The normalized spacial score (nSPS) is 12.0. The van der Waals surface area contributed by atoms with Gasteiger partial charge in [-0.2, -0.15) is 4.37 Å². The van der Waals surface area contributed by atoms with Crippen molar-refractivity contribution in [2.45, 2.75) is 19.3 Å². The van der Waals surface area contributed by atoms with Gasteiger partial charge in [0, 0.05) is 17.2 Å². The predicted molar refractivity (Wildman–Crippen MR) is 54.1 cm³/mol. The summed E-state index contributed by atoms with van der Waals surface area (Å²) in [6.07, 6.45) is 7.75. The molecule has 62 valence electrons. The maximum absolute atomic E-state index is 5.22. The second kappa shape index (κ2) is 4.08. The molecule has 0 amide bonds. The first-order valence-corrected chi connectivity index (χ1v) is 4.57. The van der Waals surface area contributed by atoms with E-state index < -0.39 is 0 Å². The number of rotatable bonds is 3. The number of hydrogen-bond acceptors (Lipinski definition) is 2. The molecule has 1 rings (SSSR count). The summed E-state index contributed by atoms with van der Waals surface area (Å²) >= 11 is 1.51. The van der Waals surface area contributed by atoms with E-state index in [0.717, 1.165) is 12.1 Å². The molecular formula is C10H11NS. The zero-order valence-electron chi connectivity index (χ0n) is 7.08. The lowest BCUT2D eigenvalue weighted by Gasteiger charge is -2.00. The highest BCUT2D eigenvalue weighted by Gasteiger charge is 2.06. The van der Waals surface area contributed by atoms with Crippen LogP contribution in [0, 0.1) is 12.3 Å². The van der Waals surface area contributed by atoms with E-state index in [9.17, 15) is 0 Å². The quantitative estimate of drug-likeness (QED) is 0.647. The number of aromatic nitrogens is 1. The number of nitrogens with zero attached hydrogens (tertiary/aromatic N) is 1. The van der Waals surface area contributed by atoms with Crippen LogP contribution in [-0.2, 0) is 0 Å². The average Bonchev–Trinajstić information content (AvgIpc) is 2.52. The minimum absolute atomic E-state index is 0.418. The van der Waals surface area contributed by atoms with Gasteiger partial charge in [0.05, 0.1) is 5.69 Å². The molecule has 0 spiro atoms. The summed E-state index contributed by atoms with van der Waals surface area (Å²) in [5.41, 5.74) is 0.943. The van der Waals surface area contributed by atoms with Crippen molar-refractivity contribution < 1.29 is 0 Å². The van der Waals surface area contributed by atoms with Gasteiger partial charge in [-0.25, -0.2) is 0 Å². The second-order valence-corrected chi connectivity index (χ2v) is 3.50. The molecule has 0 aromatic carbocycles. The Morgan fingerprint density at radius 1 is 1.92 bits per heavy atom. The third-order valence-corrected chi connectivity index (χ3v) is 2.70. The summed E-state index contributed by atoms with van der Waals surface area (Å²) in [6, 6.07) is 2.04. The molecule has 1 aromatic rings. The molecule has 0 aliphatic rings. The molecular weight excluding hydrogens is 166 g/mol. The molecule has 0 N–H and O–H groups in total. The molecule has 0 aliphatic carbocycles. The van der Waals surface area contributed by atoms with E-state index in [4.69, 9.17) is 6.42 Å². The van der Waals surface area contributed by atoms with Gasteiger partial charge in [0.25, 0.3) is 0 Å². The second-order valence-electron chi connectivity index (χ2n) is 2.67. The lowest BCUT2D eigenvalue weighted by molar-refractivity contribution is 0.814. The van der Waals surface area contributed by atoms with Gasteiger partial charge in [-0.3, -0.25) is 0 Å². The Balaban J connectivity index is 2.75. The maximum atomic E-state index is 5.22. The van der Waals surface area contributed by atoms with Crippen molar-refractivity contribution in [3.8, 4) is 12.3 Å². The van der Waals surface area contributed by atoms with Gasteiger partial charge in [0.15, 0.2) is 0 Å². The van der Waals surface area contributed by atoms with Gasteiger partial charge in [-0.05, 0) is 23.7 Å². The van der Waals surface area contributed by atoms with Crippen LogP contribution in [-0.4, -0.2) is 4.37 Å². The standard InChI is InChI=1S/C10H11NS/c1-4-6-8(3)10-7-9(5-2)11-12-10/h1,5,7-8H,2,6H2,3H3. The Morgan fingerprint density at radius 3 is 3.17 bits per heavy atom. The molecule has 0 saturated heterocycles. The number of hydrogen-bond donors (Lipinski definition) is 0. The average molecular weight is 177 g/mol. The SMILES string of the molecule is C#CCC(C)c1cc(C=C)ns1. The summed E-state index contributed by atoms with van der Waals surface area (Å²) in [7, 11) is 0. The van der Waals surface area contributed by atoms with E-state index in [1.54, 1.807) is 6.08 Å². The van der Waals surface area contributed by atoms with E-state index in [1.165, 1.54) is 16.4 Å². The minimum atomic E-state index is 0.418. The van der Waals surface area contributed by atoms with Crippen LogP contribution in [0.2, 0.25) is 0 Å². The van der Waals surface area contributed by atoms with Crippen LogP contribution < -0.4 is 0 Å². The number of terminal acetylenes is 1. The molecule has 0 fully saturated rings. The maximum Gasteiger partial charge on any atom is 0.0765 e. The molecule has 2 heteroatoms. The first-order chi connectivity index (χ1) is 5.77. The highest BCUT2D eigenvalue weighted by atomic mass is 32.1. The predicted octanol–water partition coefficient (Wildman–Crippen LogP) is 2.91. The van der Waals surface area contributed by atoms with Gasteiger partial charge in [0.2, 0.25) is 0 Å². The third kappa shape index (κ3) is 1.96. The lowest BCUT2D eigenvalue weighted by atomic mass is 10.1. The van der Waals surface area contributed by atoms with Crippen LogP contribution >= 0.6 is 11.5 Å². The van der Waals surface area contributed by atoms with Gasteiger partial charge < -0.3 is 0 Å². The van der Waals surface area contributed by atoms with Crippen molar-refractivity contribution in [3.05, 3.63) is 23.2 Å². The molecule has 1 aromatic heterocycles. The molecule has 1 nitrogen and oxygen atoms in total. The smallest absolute Gasteiger partial charge is 0.0765 e. The summed E-state index contributed by atoms with van der Waals surface area (Å²) in [6.45, 7) is 5.76. The lowest BCUT2D eigenvalue weighted by Crippen LogP contribution is -1.86. The Bertz CT molecular complexity index is 306. The Labute approximate surface area is 77.3 Å². The van der Waals surface area contributed by atoms with Crippen molar-refractivity contribution in [1.29, 1.82) is 0 Å². The van der Waals surface area contributed by atoms with Crippen molar-refractivity contribution in [3.63, 3.8) is 0 Å². The van der Waals surface area contributed by atoms with Crippen LogP contribution in [0.3, 0.4) is 0 Å². The van der Waals surface area contributed by atoms with Crippen molar-refractivity contribution in [1.82, 2.24) is 4.37 Å². The largest absolute Gasteiger partial charge is 0.193 e. The molecule has 12 heavy (non-hydrogen) atoms. The van der Waals surface area contributed by atoms with Crippen LogP contribution in [0.25, 0.3) is 6.08 Å². The van der Waals surface area contributed by atoms with Crippen LogP contribution in [0.1, 0.15) is 29.8 Å². The molecule has 0 bridgehead atoms. The highest BCUT2D eigenvalue weighted by Crippen LogP contribution is 2.23. The highest BCUT2D eigenvalue weighted by molar-refractivity contribution is 7.06. The fourth-order valence-electron chi connectivity index (χ4n) is 0.910. The summed E-state index contributed by atoms with van der Waals surface area (Å²) < 4.78 is 4.19. The minimum Gasteiger partial charge on any atom is -0.193 e. The Kier molecular flexibility index (Phi) is 3.07. The van der Waals surface area contributed by atoms with E-state index in [0.29, 0.717) is 5.92 Å². The third-order valence-electron chi connectivity index (χ3n) is 1.67. The molecule has 1 atom stereocenters. The topological polar surface area (TPSA) is 12.9 Å². The van der Waals surface area contributed by atoms with E-state index >= 15 is 0 Å². The Hall–Kier alpha value is -1.07. The van der Waals surface area contributed by atoms with Crippen molar-refractivity contribution in [2.24, 2.45) is 0 Å². The Morgan fingerprint density at radius 2 is 2.67 bits per heavy atom. The van der Waals surface area contributed by atoms with Gasteiger partial charge >= 0.3 is 0 Å². The van der Waals surface area contributed by atoms with Crippen LogP contribution in [0.5, 0.6) is 0 Å². The molecule has 0 saturated carbocycles. The zero-order chi connectivity index (χ0) is 8.97. The van der Waals surface area contributed by atoms with E-state index in [2.05, 4.69) is 23.8 Å². The summed E-state index contributed by atoms with van der Waals surface area (Å²) in [5, 5.41) is 0. The fourth-order valence-corrected chi connectivity index (χ4v) is 1.68. The molecule has 0 radical (unpaired) electrons. The molecule has 1 heterocycles. The monoisotopic (exact) mass is 177 g/mol. The fraction of sp³-hybridized carbons (Fsp3) is 0.300. The van der Waals surface area contributed by atoms with Crippen LogP contribution in [0.4, 0.5) is 0 Å². The first-order valence-electron chi connectivity index (χ1n) is 3.80. The zero-order valence-corrected chi connectivity index (χ0v) is 7.90. The summed E-state index contributed by atoms with van der Waals surface area (Å²) in [4.78, 5) is 1.24. The van der Waals surface area contributed by atoms with Crippen molar-refractivity contribution >= 4 is 17.6 Å². The van der Waals surface area contributed by atoms with Gasteiger partial charge in [0.1, 0.15) is 0 Å². The van der Waals surface area contributed by atoms with E-state index in [-0.39, 0.29) is 0 Å². The van der Waals surface area contributed by atoms with Gasteiger partial charge in [-0.15, -0.1) is 12.3 Å². The van der Waals surface area contributed by atoms with Gasteiger partial charge in [-0.1, -0.05) is 13.5 Å². The van der Waals surface area contributed by atoms with Crippen LogP contribution in [0.15, 0.2) is 12.6 Å². The van der Waals surface area contributed by atoms with Crippen molar-refractivity contribution in [2.75, 3.05) is 0 Å². The first kappa shape index (κ1) is 9.02.